The molecule has 1 heterocycles. The van der Waals surface area contributed by atoms with Gasteiger partial charge in [-0.05, 0) is 37.7 Å². The molecule has 0 saturated heterocycles. The van der Waals surface area contributed by atoms with Crippen molar-refractivity contribution in [3.05, 3.63) is 53.3 Å². The van der Waals surface area contributed by atoms with Crippen molar-refractivity contribution in [2.24, 2.45) is 7.05 Å². The molecule has 1 aromatic heterocycles. The predicted octanol–water partition coefficient (Wildman–Crippen LogP) is 1.30. The van der Waals surface area contributed by atoms with Crippen LogP contribution in [0.25, 0.3) is 0 Å². The normalized spacial score (nSPS) is 11.3. The Morgan fingerprint density at radius 3 is 2.21 bits per heavy atom. The smallest absolute Gasteiger partial charge is 0.270 e. The van der Waals surface area contributed by atoms with Crippen molar-refractivity contribution >= 4 is 21.8 Å². The lowest BCUT2D eigenvalue weighted by Crippen LogP contribution is -2.31. The van der Waals surface area contributed by atoms with E-state index in [9.17, 15) is 18.0 Å². The summed E-state index contributed by atoms with van der Waals surface area (Å²) in [5.41, 5.74) is 1.74. The highest BCUT2D eigenvalue weighted by Gasteiger charge is 2.22. The van der Waals surface area contributed by atoms with Crippen LogP contribution in [0.15, 0.2) is 41.4 Å². The van der Waals surface area contributed by atoms with Crippen LogP contribution in [0, 0.1) is 0 Å². The van der Waals surface area contributed by atoms with E-state index >= 15 is 0 Å². The molecule has 0 aliphatic carbocycles. The molecular formula is C19H26N4O4S. The maximum Gasteiger partial charge on any atom is 0.270 e. The fourth-order valence-corrected chi connectivity index (χ4v) is 3.53. The van der Waals surface area contributed by atoms with Crippen molar-refractivity contribution in [1.82, 2.24) is 19.1 Å². The lowest BCUT2D eigenvalue weighted by molar-refractivity contribution is 0.0742. The summed E-state index contributed by atoms with van der Waals surface area (Å²) >= 11 is 0. The van der Waals surface area contributed by atoms with E-state index in [1.54, 1.807) is 38.2 Å². The van der Waals surface area contributed by atoms with E-state index in [4.69, 9.17) is 0 Å². The summed E-state index contributed by atoms with van der Waals surface area (Å²) in [4.78, 5) is 28.1. The van der Waals surface area contributed by atoms with Crippen LogP contribution in [0.3, 0.4) is 0 Å². The summed E-state index contributed by atoms with van der Waals surface area (Å²) < 4.78 is 27.7. The largest absolute Gasteiger partial charge is 0.345 e. The van der Waals surface area contributed by atoms with Gasteiger partial charge in [-0.25, -0.2) is 13.1 Å². The number of aryl methyl sites for hydroxylation is 1. The van der Waals surface area contributed by atoms with Gasteiger partial charge >= 0.3 is 0 Å². The Balaban J connectivity index is 2.22. The SMILES string of the molecule is CCN(Cc1ccc(C(=O)N(C)C)cc1)C(=O)c1cc(S(=O)(=O)NC)cn1C. The summed E-state index contributed by atoms with van der Waals surface area (Å²) in [6.45, 7) is 2.66. The third kappa shape index (κ3) is 4.60. The number of hydrogen-bond donors (Lipinski definition) is 1. The number of hydrogen-bond acceptors (Lipinski definition) is 4. The molecule has 1 N–H and O–H groups in total. The Morgan fingerprint density at radius 2 is 1.71 bits per heavy atom. The van der Waals surface area contributed by atoms with Crippen LogP contribution >= 0.6 is 0 Å². The van der Waals surface area contributed by atoms with Gasteiger partial charge in [0, 0.05) is 46.0 Å². The third-order valence-electron chi connectivity index (χ3n) is 4.43. The topological polar surface area (TPSA) is 91.7 Å². The first-order valence-corrected chi connectivity index (χ1v) is 10.3. The Hall–Kier alpha value is -2.65. The molecule has 0 saturated carbocycles. The van der Waals surface area contributed by atoms with E-state index in [2.05, 4.69) is 4.72 Å². The fourth-order valence-electron chi connectivity index (χ4n) is 2.73. The molecule has 0 atom stereocenters. The molecule has 0 bridgehead atoms. The fraction of sp³-hybridized carbons (Fsp3) is 0.368. The van der Waals surface area contributed by atoms with Gasteiger partial charge in [0.1, 0.15) is 10.6 Å². The zero-order chi connectivity index (χ0) is 21.1. The molecule has 0 radical (unpaired) electrons. The van der Waals surface area contributed by atoms with Crippen LogP contribution in [0.2, 0.25) is 0 Å². The molecule has 8 nitrogen and oxygen atoms in total. The number of amides is 2. The zero-order valence-corrected chi connectivity index (χ0v) is 17.6. The van der Waals surface area contributed by atoms with Crippen LogP contribution in [-0.2, 0) is 23.6 Å². The van der Waals surface area contributed by atoms with Crippen molar-refractivity contribution in [1.29, 1.82) is 0 Å². The van der Waals surface area contributed by atoms with Crippen LogP contribution in [0.1, 0.15) is 33.3 Å². The molecule has 2 rings (SSSR count). The quantitative estimate of drug-likeness (QED) is 0.750. The van der Waals surface area contributed by atoms with Crippen LogP contribution in [-0.4, -0.2) is 62.3 Å². The minimum absolute atomic E-state index is 0.0449. The number of nitrogens with zero attached hydrogens (tertiary/aromatic N) is 3. The van der Waals surface area contributed by atoms with E-state index in [1.807, 2.05) is 19.1 Å². The number of carbonyl (C=O) groups is 2. The molecule has 0 unspecified atom stereocenters. The Kier molecular flexibility index (Phi) is 6.63. The van der Waals surface area contributed by atoms with Crippen molar-refractivity contribution in [2.45, 2.75) is 18.4 Å². The lowest BCUT2D eigenvalue weighted by Gasteiger charge is -2.21. The van der Waals surface area contributed by atoms with E-state index in [0.29, 0.717) is 18.7 Å². The highest BCUT2D eigenvalue weighted by Crippen LogP contribution is 2.17. The van der Waals surface area contributed by atoms with E-state index in [0.717, 1.165) is 5.56 Å². The average molecular weight is 407 g/mol. The van der Waals surface area contributed by atoms with Crippen molar-refractivity contribution < 1.29 is 18.0 Å². The number of carbonyl (C=O) groups excluding carboxylic acids is 2. The molecule has 0 aliphatic rings. The van der Waals surface area contributed by atoms with Gasteiger partial charge < -0.3 is 14.4 Å². The summed E-state index contributed by atoms with van der Waals surface area (Å²) in [5, 5.41) is 0. The molecule has 2 amide bonds. The van der Waals surface area contributed by atoms with Crippen LogP contribution in [0.5, 0.6) is 0 Å². The van der Waals surface area contributed by atoms with E-state index in [1.165, 1.54) is 28.8 Å². The zero-order valence-electron chi connectivity index (χ0n) is 16.8. The summed E-state index contributed by atoms with van der Waals surface area (Å²) in [7, 11) is 2.72. The molecule has 2 aromatic rings. The van der Waals surface area contributed by atoms with Crippen molar-refractivity contribution in [2.75, 3.05) is 27.7 Å². The molecule has 0 spiro atoms. The molecule has 28 heavy (non-hydrogen) atoms. The van der Waals surface area contributed by atoms with Crippen molar-refractivity contribution in [3.63, 3.8) is 0 Å². The molecule has 152 valence electrons. The third-order valence-corrected chi connectivity index (χ3v) is 5.81. The van der Waals surface area contributed by atoms with Gasteiger partial charge in [-0.3, -0.25) is 9.59 Å². The molecule has 1 aromatic carbocycles. The first kappa shape index (κ1) is 21.6. The maximum atomic E-state index is 12.9. The first-order chi connectivity index (χ1) is 13.1. The van der Waals surface area contributed by atoms with Gasteiger partial charge in [0.15, 0.2) is 0 Å². The van der Waals surface area contributed by atoms with Gasteiger partial charge in [-0.2, -0.15) is 0 Å². The number of rotatable bonds is 7. The number of nitrogens with one attached hydrogen (secondary N) is 1. The second kappa shape index (κ2) is 8.57. The second-order valence-electron chi connectivity index (χ2n) is 6.60. The summed E-state index contributed by atoms with van der Waals surface area (Å²) in [5.74, 6) is -0.354. The van der Waals surface area contributed by atoms with E-state index < -0.39 is 10.0 Å². The Labute approximate surface area is 165 Å². The van der Waals surface area contributed by atoms with Gasteiger partial charge in [-0.15, -0.1) is 0 Å². The van der Waals surface area contributed by atoms with Gasteiger partial charge in [-0.1, -0.05) is 12.1 Å². The summed E-state index contributed by atoms with van der Waals surface area (Å²) in [6.07, 6.45) is 1.41. The number of benzene rings is 1. The molecule has 0 aliphatic heterocycles. The number of aromatic nitrogens is 1. The van der Waals surface area contributed by atoms with Gasteiger partial charge in [0.25, 0.3) is 11.8 Å². The monoisotopic (exact) mass is 406 g/mol. The standard InChI is InChI=1S/C19H26N4O4S/c1-6-23(12-14-7-9-15(10-8-14)18(24)21(3)4)19(25)17-11-16(13-22(17)5)28(26,27)20-2/h7-11,13,20H,6,12H2,1-5H3. The predicted molar refractivity (Wildman–Crippen MR) is 107 cm³/mol. The summed E-state index contributed by atoms with van der Waals surface area (Å²) in [6, 6.07) is 8.46. The Morgan fingerprint density at radius 1 is 1.11 bits per heavy atom. The lowest BCUT2D eigenvalue weighted by atomic mass is 10.1. The molecule has 0 fully saturated rings. The van der Waals surface area contributed by atoms with Crippen LogP contribution < -0.4 is 4.72 Å². The van der Waals surface area contributed by atoms with E-state index in [-0.39, 0.29) is 22.4 Å². The Bertz CT molecular complexity index is 962. The highest BCUT2D eigenvalue weighted by atomic mass is 32.2. The minimum Gasteiger partial charge on any atom is -0.345 e. The average Bonchev–Trinajstić information content (AvgIpc) is 3.08. The van der Waals surface area contributed by atoms with Gasteiger partial charge in [0.2, 0.25) is 10.0 Å². The first-order valence-electron chi connectivity index (χ1n) is 8.80. The number of sulfonamides is 1. The highest BCUT2D eigenvalue weighted by molar-refractivity contribution is 7.89. The van der Waals surface area contributed by atoms with Crippen LogP contribution in [0.4, 0.5) is 0 Å². The second-order valence-corrected chi connectivity index (χ2v) is 8.48. The van der Waals surface area contributed by atoms with Gasteiger partial charge in [0.05, 0.1) is 0 Å². The maximum absolute atomic E-state index is 12.9. The molecular weight excluding hydrogens is 380 g/mol. The van der Waals surface area contributed by atoms with Crippen molar-refractivity contribution in [3.8, 4) is 0 Å². The molecule has 9 heteroatoms. The minimum atomic E-state index is -3.62.